The highest BCUT2D eigenvalue weighted by Crippen LogP contribution is 2.39. The van der Waals surface area contributed by atoms with Gasteiger partial charge in [0.1, 0.15) is 0 Å². The fourth-order valence-electron chi connectivity index (χ4n) is 8.18. The third-order valence-corrected chi connectivity index (χ3v) is 11.3. The fourth-order valence-corrected chi connectivity index (χ4v) is 8.18. The molecule has 1 nitrogen and oxygen atoms in total. The molecule has 1 heteroatoms. The van der Waals surface area contributed by atoms with Gasteiger partial charge in [-0.1, -0.05) is 200 Å². The Morgan fingerprint density at radius 1 is 0.186 bits per heavy atom. The molecule has 0 heterocycles. The number of nitrogens with zero attached hydrogens (tertiary/aromatic N) is 1. The zero-order valence-electron chi connectivity index (χ0n) is 32.6. The van der Waals surface area contributed by atoms with Crippen LogP contribution in [0.2, 0.25) is 0 Å². The molecule has 0 N–H and O–H groups in total. The van der Waals surface area contributed by atoms with Gasteiger partial charge >= 0.3 is 0 Å². The average Bonchev–Trinajstić information content (AvgIpc) is 3.33. The highest BCUT2D eigenvalue weighted by Gasteiger charge is 2.15. The Balaban J connectivity index is 0.946. The molecule has 0 aromatic heterocycles. The lowest BCUT2D eigenvalue weighted by molar-refractivity contribution is 1.28. The van der Waals surface area contributed by atoms with Gasteiger partial charge < -0.3 is 4.90 Å². The molecule has 10 aromatic carbocycles. The van der Waals surface area contributed by atoms with Gasteiger partial charge in [0.2, 0.25) is 0 Å². The first-order chi connectivity index (χ1) is 29.2. The Morgan fingerprint density at radius 3 is 1.05 bits per heavy atom. The molecule has 0 atom stereocenters. The molecular weight excluding hydrogens is 711 g/mol. The van der Waals surface area contributed by atoms with E-state index in [4.69, 9.17) is 0 Å². The van der Waals surface area contributed by atoms with Crippen LogP contribution >= 0.6 is 0 Å². The van der Waals surface area contributed by atoms with Crippen molar-refractivity contribution in [2.75, 3.05) is 4.90 Å². The van der Waals surface area contributed by atoms with Crippen molar-refractivity contribution in [3.8, 4) is 66.8 Å². The molecule has 0 aliphatic heterocycles. The van der Waals surface area contributed by atoms with Crippen LogP contribution in [0, 0.1) is 0 Å². The van der Waals surface area contributed by atoms with Crippen LogP contribution in [0.1, 0.15) is 0 Å². The summed E-state index contributed by atoms with van der Waals surface area (Å²) in [6.07, 6.45) is 0. The van der Waals surface area contributed by atoms with Crippen molar-refractivity contribution in [1.82, 2.24) is 0 Å². The Labute approximate surface area is 346 Å². The van der Waals surface area contributed by atoms with E-state index in [1.54, 1.807) is 0 Å². The molecule has 278 valence electrons. The molecule has 0 amide bonds. The second-order valence-corrected chi connectivity index (χ2v) is 15.0. The predicted molar refractivity (Wildman–Crippen MR) is 251 cm³/mol. The van der Waals surface area contributed by atoms with Gasteiger partial charge in [0.05, 0.1) is 0 Å². The monoisotopic (exact) mass is 751 g/mol. The van der Waals surface area contributed by atoms with Gasteiger partial charge in [0.15, 0.2) is 0 Å². The maximum Gasteiger partial charge on any atom is 0.0462 e. The summed E-state index contributed by atoms with van der Waals surface area (Å²) in [6.45, 7) is 0. The van der Waals surface area contributed by atoms with Gasteiger partial charge in [-0.05, 0) is 126 Å². The van der Waals surface area contributed by atoms with Crippen LogP contribution in [-0.2, 0) is 0 Å². The number of rotatable bonds is 9. The summed E-state index contributed by atoms with van der Waals surface area (Å²) in [5.41, 5.74) is 17.8. The number of hydrogen-bond acceptors (Lipinski definition) is 1. The Kier molecular flexibility index (Phi) is 9.68. The molecule has 0 saturated heterocycles. The molecule has 0 saturated carbocycles. The summed E-state index contributed by atoms with van der Waals surface area (Å²) in [7, 11) is 0. The normalized spacial score (nSPS) is 11.1. The summed E-state index contributed by atoms with van der Waals surface area (Å²) in [5.74, 6) is 0. The van der Waals surface area contributed by atoms with Crippen molar-refractivity contribution >= 4 is 27.8 Å². The quantitative estimate of drug-likeness (QED) is 0.142. The van der Waals surface area contributed by atoms with Crippen LogP contribution in [0.3, 0.4) is 0 Å². The average molecular weight is 752 g/mol. The Hall–Kier alpha value is -7.74. The molecule has 0 radical (unpaired) electrons. The van der Waals surface area contributed by atoms with E-state index < -0.39 is 0 Å². The lowest BCUT2D eigenvalue weighted by atomic mass is 9.94. The number of fused-ring (bicyclic) bond motifs is 1. The van der Waals surface area contributed by atoms with Gasteiger partial charge in [0.25, 0.3) is 0 Å². The van der Waals surface area contributed by atoms with Gasteiger partial charge in [-0.3, -0.25) is 0 Å². The lowest BCUT2D eigenvalue weighted by Gasteiger charge is -2.26. The van der Waals surface area contributed by atoms with E-state index in [0.717, 1.165) is 17.1 Å². The van der Waals surface area contributed by atoms with E-state index in [-0.39, 0.29) is 0 Å². The first kappa shape index (κ1) is 35.7. The Morgan fingerprint density at radius 2 is 0.508 bits per heavy atom. The zero-order valence-corrected chi connectivity index (χ0v) is 32.6. The minimum atomic E-state index is 1.10. The van der Waals surface area contributed by atoms with Gasteiger partial charge in [0, 0.05) is 17.1 Å². The van der Waals surface area contributed by atoms with Crippen LogP contribution in [-0.4, -0.2) is 0 Å². The summed E-state index contributed by atoms with van der Waals surface area (Å²) in [4.78, 5) is 2.34. The highest BCUT2D eigenvalue weighted by atomic mass is 15.1. The van der Waals surface area contributed by atoms with Crippen LogP contribution in [0.25, 0.3) is 77.5 Å². The number of anilines is 3. The van der Waals surface area contributed by atoms with Gasteiger partial charge in [-0.25, -0.2) is 0 Å². The van der Waals surface area contributed by atoms with E-state index in [2.05, 4.69) is 254 Å². The lowest BCUT2D eigenvalue weighted by Crippen LogP contribution is -2.09. The first-order valence-electron chi connectivity index (χ1n) is 20.2. The summed E-state index contributed by atoms with van der Waals surface area (Å²) in [6, 6.07) is 89.7. The van der Waals surface area contributed by atoms with Gasteiger partial charge in [-0.2, -0.15) is 0 Å². The minimum absolute atomic E-state index is 1.10. The molecule has 10 rings (SSSR count). The van der Waals surface area contributed by atoms with Crippen molar-refractivity contribution in [2.45, 2.75) is 0 Å². The minimum Gasteiger partial charge on any atom is -0.311 e. The number of hydrogen-bond donors (Lipinski definition) is 0. The summed E-state index contributed by atoms with van der Waals surface area (Å²) >= 11 is 0. The third-order valence-electron chi connectivity index (χ3n) is 11.3. The molecule has 0 aliphatic rings. The zero-order chi connectivity index (χ0) is 39.4. The standard InChI is InChI=1S/C58H41N/c1-3-12-42(13-4-1)45-28-34-54(35-29-45)59(56-38-32-49(33-39-56)58-21-10-9-20-57(58)48-15-5-2-6-16-48)55-36-30-46(31-37-55)44-22-24-47(25-23-44)51-18-11-19-52(40-51)53-27-26-43-14-7-8-17-50(43)41-53/h1-41H. The van der Waals surface area contributed by atoms with Crippen LogP contribution < -0.4 is 4.90 Å². The Bertz CT molecular complexity index is 2980. The van der Waals surface area contributed by atoms with E-state index in [9.17, 15) is 0 Å². The van der Waals surface area contributed by atoms with Crippen LogP contribution in [0.5, 0.6) is 0 Å². The molecule has 59 heavy (non-hydrogen) atoms. The maximum atomic E-state index is 2.34. The largest absolute Gasteiger partial charge is 0.311 e. The predicted octanol–water partition coefficient (Wildman–Crippen LogP) is 16.3. The molecule has 0 spiro atoms. The van der Waals surface area contributed by atoms with Crippen molar-refractivity contribution in [3.05, 3.63) is 249 Å². The first-order valence-corrected chi connectivity index (χ1v) is 20.2. The van der Waals surface area contributed by atoms with Crippen molar-refractivity contribution in [2.24, 2.45) is 0 Å². The smallest absolute Gasteiger partial charge is 0.0462 e. The van der Waals surface area contributed by atoms with Crippen molar-refractivity contribution in [1.29, 1.82) is 0 Å². The molecule has 0 bridgehead atoms. The molecule has 0 aliphatic carbocycles. The molecular formula is C58H41N. The van der Waals surface area contributed by atoms with Crippen LogP contribution in [0.15, 0.2) is 249 Å². The van der Waals surface area contributed by atoms with Crippen molar-refractivity contribution < 1.29 is 0 Å². The van der Waals surface area contributed by atoms with E-state index in [1.165, 1.54) is 77.5 Å². The van der Waals surface area contributed by atoms with Gasteiger partial charge in [-0.15, -0.1) is 0 Å². The summed E-state index contributed by atoms with van der Waals surface area (Å²) < 4.78 is 0. The number of benzene rings is 10. The topological polar surface area (TPSA) is 3.24 Å². The van der Waals surface area contributed by atoms with E-state index in [0.29, 0.717) is 0 Å². The highest BCUT2D eigenvalue weighted by molar-refractivity contribution is 5.89. The molecule has 0 unspecified atom stereocenters. The van der Waals surface area contributed by atoms with E-state index in [1.807, 2.05) is 0 Å². The summed E-state index contributed by atoms with van der Waals surface area (Å²) in [5, 5.41) is 2.52. The van der Waals surface area contributed by atoms with E-state index >= 15 is 0 Å². The fraction of sp³-hybridized carbons (Fsp3) is 0. The SMILES string of the molecule is c1ccc(-c2ccc(N(c3ccc(-c4ccc(-c5cccc(-c6ccc7ccccc7c6)c5)cc4)cc3)c3ccc(-c4ccccc4-c4ccccc4)cc3)cc2)cc1. The maximum absolute atomic E-state index is 2.34. The second kappa shape index (κ2) is 16.0. The van der Waals surface area contributed by atoms with Crippen molar-refractivity contribution in [3.63, 3.8) is 0 Å². The molecule has 10 aromatic rings. The third kappa shape index (κ3) is 7.46. The van der Waals surface area contributed by atoms with Crippen LogP contribution in [0.4, 0.5) is 17.1 Å². The second-order valence-electron chi connectivity index (χ2n) is 15.0. The molecule has 0 fully saturated rings.